The minimum atomic E-state index is -1.32. The van der Waals surface area contributed by atoms with Crippen molar-refractivity contribution in [3.05, 3.63) is 0 Å². The standard InChI is InChI=1S/C21H37N5O7/c1-3-12(2)17(21(32)33)25-19(30)15-8-6-10-26(15)20(31)14(7-4-5-9-22)24-18(29)13(23)11-16(27)28/h12-15,17H,3-11,22-23H2,1-2H3,(H,24,29)(H,25,30)(H,27,28)(H,32,33). The number of likely N-dealkylation sites (tertiary alicyclic amines) is 1. The molecule has 33 heavy (non-hydrogen) atoms. The number of nitrogens with zero attached hydrogens (tertiary/aromatic N) is 1. The molecular formula is C21H37N5O7. The zero-order chi connectivity index (χ0) is 25.1. The van der Waals surface area contributed by atoms with Crippen molar-refractivity contribution >= 4 is 29.7 Å². The molecule has 3 amide bonds. The number of carboxylic acid groups (broad SMARTS) is 2. The Balaban J connectivity index is 2.97. The van der Waals surface area contributed by atoms with Crippen molar-refractivity contribution in [2.24, 2.45) is 17.4 Å². The van der Waals surface area contributed by atoms with Crippen molar-refractivity contribution in [3.63, 3.8) is 0 Å². The third kappa shape index (κ3) is 8.61. The molecule has 5 atom stereocenters. The fraction of sp³-hybridized carbons (Fsp3) is 0.762. The lowest BCUT2D eigenvalue weighted by atomic mass is 9.98. The molecule has 0 saturated carbocycles. The summed E-state index contributed by atoms with van der Waals surface area (Å²) in [6.45, 7) is 4.22. The summed E-state index contributed by atoms with van der Waals surface area (Å²) >= 11 is 0. The molecule has 1 rings (SSSR count). The van der Waals surface area contributed by atoms with Crippen LogP contribution in [0.15, 0.2) is 0 Å². The molecule has 1 heterocycles. The SMILES string of the molecule is CCC(C)C(NC(=O)C1CCCN1C(=O)C(CCCCN)NC(=O)C(N)CC(=O)O)C(=O)O. The van der Waals surface area contributed by atoms with E-state index in [-0.39, 0.29) is 18.9 Å². The summed E-state index contributed by atoms with van der Waals surface area (Å²) < 4.78 is 0. The molecule has 0 aliphatic carbocycles. The number of hydrogen-bond donors (Lipinski definition) is 6. The van der Waals surface area contributed by atoms with Crippen LogP contribution in [-0.4, -0.2) is 82.0 Å². The summed E-state index contributed by atoms with van der Waals surface area (Å²) in [5.74, 6) is -4.50. The first kappa shape index (κ1) is 28.3. The lowest BCUT2D eigenvalue weighted by Crippen LogP contribution is -2.57. The van der Waals surface area contributed by atoms with Crippen molar-refractivity contribution in [1.29, 1.82) is 0 Å². The second-order valence-corrected chi connectivity index (χ2v) is 8.45. The van der Waals surface area contributed by atoms with Gasteiger partial charge in [-0.2, -0.15) is 0 Å². The molecule has 8 N–H and O–H groups in total. The van der Waals surface area contributed by atoms with Gasteiger partial charge in [-0.1, -0.05) is 20.3 Å². The molecule has 0 aromatic heterocycles. The quantitative estimate of drug-likeness (QED) is 0.172. The van der Waals surface area contributed by atoms with E-state index in [2.05, 4.69) is 10.6 Å². The number of amides is 3. The molecular weight excluding hydrogens is 434 g/mol. The van der Waals surface area contributed by atoms with Crippen LogP contribution in [0.1, 0.15) is 58.8 Å². The molecule has 0 aromatic rings. The first-order valence-corrected chi connectivity index (χ1v) is 11.3. The van der Waals surface area contributed by atoms with Crippen LogP contribution in [0.4, 0.5) is 0 Å². The smallest absolute Gasteiger partial charge is 0.326 e. The molecule has 1 aliphatic rings. The van der Waals surface area contributed by atoms with E-state index >= 15 is 0 Å². The van der Waals surface area contributed by atoms with Gasteiger partial charge in [0.2, 0.25) is 17.7 Å². The second kappa shape index (κ2) is 13.7. The molecule has 1 saturated heterocycles. The fourth-order valence-electron chi connectivity index (χ4n) is 3.75. The van der Waals surface area contributed by atoms with E-state index in [9.17, 15) is 29.1 Å². The highest BCUT2D eigenvalue weighted by atomic mass is 16.4. The third-order valence-corrected chi connectivity index (χ3v) is 5.91. The summed E-state index contributed by atoms with van der Waals surface area (Å²) in [6.07, 6.45) is 2.27. The Bertz CT molecular complexity index is 717. The Morgan fingerprint density at radius 3 is 2.33 bits per heavy atom. The minimum absolute atomic E-state index is 0.247. The number of nitrogens with two attached hydrogens (primary N) is 2. The second-order valence-electron chi connectivity index (χ2n) is 8.45. The number of carbonyl (C=O) groups is 5. The Labute approximate surface area is 193 Å². The van der Waals surface area contributed by atoms with Crippen molar-refractivity contribution < 1.29 is 34.2 Å². The topological polar surface area (TPSA) is 205 Å². The van der Waals surface area contributed by atoms with Gasteiger partial charge in [0.15, 0.2) is 0 Å². The van der Waals surface area contributed by atoms with Gasteiger partial charge in [0.05, 0.1) is 12.5 Å². The highest BCUT2D eigenvalue weighted by Crippen LogP contribution is 2.21. The van der Waals surface area contributed by atoms with E-state index in [0.29, 0.717) is 38.6 Å². The average Bonchev–Trinajstić information content (AvgIpc) is 3.24. The Hall–Kier alpha value is -2.73. The maximum atomic E-state index is 13.3. The van der Waals surface area contributed by atoms with Gasteiger partial charge in [-0.25, -0.2) is 4.79 Å². The van der Waals surface area contributed by atoms with Crippen LogP contribution in [-0.2, 0) is 24.0 Å². The molecule has 5 unspecified atom stereocenters. The van der Waals surface area contributed by atoms with Crippen molar-refractivity contribution in [3.8, 4) is 0 Å². The van der Waals surface area contributed by atoms with Gasteiger partial charge in [0, 0.05) is 6.54 Å². The van der Waals surface area contributed by atoms with E-state index < -0.39 is 60.2 Å². The summed E-state index contributed by atoms with van der Waals surface area (Å²) in [5, 5.41) is 23.4. The van der Waals surface area contributed by atoms with Gasteiger partial charge < -0.3 is 37.2 Å². The number of aliphatic carboxylic acids is 2. The molecule has 0 radical (unpaired) electrons. The number of carboxylic acids is 2. The zero-order valence-corrected chi connectivity index (χ0v) is 19.3. The fourth-order valence-corrected chi connectivity index (χ4v) is 3.75. The van der Waals surface area contributed by atoms with Crippen molar-refractivity contribution in [2.75, 3.05) is 13.1 Å². The zero-order valence-electron chi connectivity index (χ0n) is 19.3. The predicted molar refractivity (Wildman–Crippen MR) is 119 cm³/mol. The number of carbonyl (C=O) groups excluding carboxylic acids is 3. The van der Waals surface area contributed by atoms with Crippen LogP contribution in [0, 0.1) is 5.92 Å². The first-order chi connectivity index (χ1) is 15.5. The van der Waals surface area contributed by atoms with Gasteiger partial charge in [0.25, 0.3) is 0 Å². The van der Waals surface area contributed by atoms with Crippen LogP contribution in [0.3, 0.4) is 0 Å². The summed E-state index contributed by atoms with van der Waals surface area (Å²) in [6, 6.07) is -4.25. The maximum absolute atomic E-state index is 13.3. The van der Waals surface area contributed by atoms with Gasteiger partial charge in [0.1, 0.15) is 18.1 Å². The first-order valence-electron chi connectivity index (χ1n) is 11.3. The number of rotatable bonds is 14. The predicted octanol–water partition coefficient (Wildman–Crippen LogP) is -0.991. The number of nitrogens with one attached hydrogen (secondary N) is 2. The van der Waals surface area contributed by atoms with Crippen LogP contribution >= 0.6 is 0 Å². The maximum Gasteiger partial charge on any atom is 0.326 e. The van der Waals surface area contributed by atoms with Crippen molar-refractivity contribution in [2.45, 2.75) is 83.0 Å². The highest BCUT2D eigenvalue weighted by Gasteiger charge is 2.39. The van der Waals surface area contributed by atoms with Gasteiger partial charge in [-0.15, -0.1) is 0 Å². The molecule has 0 spiro atoms. The summed E-state index contributed by atoms with van der Waals surface area (Å²) in [7, 11) is 0. The largest absolute Gasteiger partial charge is 0.481 e. The van der Waals surface area contributed by atoms with E-state index in [1.165, 1.54) is 4.90 Å². The number of unbranched alkanes of at least 4 members (excludes halogenated alkanes) is 1. The monoisotopic (exact) mass is 471 g/mol. The Kier molecular flexibility index (Phi) is 11.8. The normalized spacial score (nSPS) is 19.3. The van der Waals surface area contributed by atoms with E-state index in [1.807, 2.05) is 6.92 Å². The van der Waals surface area contributed by atoms with Gasteiger partial charge in [-0.3, -0.25) is 19.2 Å². The molecule has 12 nitrogen and oxygen atoms in total. The summed E-state index contributed by atoms with van der Waals surface area (Å²) in [4.78, 5) is 62.3. The van der Waals surface area contributed by atoms with Gasteiger partial charge in [-0.05, 0) is 44.6 Å². The van der Waals surface area contributed by atoms with Crippen LogP contribution < -0.4 is 22.1 Å². The molecule has 0 aromatic carbocycles. The Morgan fingerprint density at radius 2 is 1.79 bits per heavy atom. The van der Waals surface area contributed by atoms with Crippen LogP contribution in [0.25, 0.3) is 0 Å². The molecule has 12 heteroatoms. The van der Waals surface area contributed by atoms with Crippen LogP contribution in [0.2, 0.25) is 0 Å². The molecule has 1 aliphatic heterocycles. The van der Waals surface area contributed by atoms with Crippen molar-refractivity contribution in [1.82, 2.24) is 15.5 Å². The minimum Gasteiger partial charge on any atom is -0.481 e. The highest BCUT2D eigenvalue weighted by molar-refractivity contribution is 5.95. The van der Waals surface area contributed by atoms with E-state index in [1.54, 1.807) is 6.92 Å². The number of hydrogen-bond acceptors (Lipinski definition) is 7. The van der Waals surface area contributed by atoms with Gasteiger partial charge >= 0.3 is 11.9 Å². The third-order valence-electron chi connectivity index (χ3n) is 5.91. The molecule has 0 bridgehead atoms. The Morgan fingerprint density at radius 1 is 1.12 bits per heavy atom. The molecule has 188 valence electrons. The summed E-state index contributed by atoms with van der Waals surface area (Å²) in [5.41, 5.74) is 11.1. The average molecular weight is 472 g/mol. The van der Waals surface area contributed by atoms with E-state index in [0.717, 1.165) is 0 Å². The van der Waals surface area contributed by atoms with Crippen LogP contribution in [0.5, 0.6) is 0 Å². The van der Waals surface area contributed by atoms with E-state index in [4.69, 9.17) is 16.6 Å². The lowest BCUT2D eigenvalue weighted by molar-refractivity contribution is -0.146. The lowest BCUT2D eigenvalue weighted by Gasteiger charge is -2.30. The molecule has 1 fully saturated rings.